The lowest BCUT2D eigenvalue weighted by Crippen LogP contribution is -2.46. The molecule has 3 rings (SSSR count). The van der Waals surface area contributed by atoms with E-state index in [1.807, 2.05) is 4.90 Å². The number of nitrogens with two attached hydrogens (primary N) is 1. The molecule has 0 saturated carbocycles. The van der Waals surface area contributed by atoms with Crippen LogP contribution in [0.1, 0.15) is 35.6 Å². The van der Waals surface area contributed by atoms with Crippen LogP contribution in [0.2, 0.25) is 0 Å². The minimum absolute atomic E-state index is 0.122. The number of halogens is 3. The number of piperidine rings is 1. The Labute approximate surface area is 161 Å². The Morgan fingerprint density at radius 2 is 1.86 bits per heavy atom. The van der Waals surface area contributed by atoms with Crippen LogP contribution in [0.15, 0.2) is 48.8 Å². The summed E-state index contributed by atoms with van der Waals surface area (Å²) in [5.74, 6) is -0.356. The summed E-state index contributed by atoms with van der Waals surface area (Å²) in [5, 5.41) is 3.50. The average molecular weight is 392 g/mol. The first kappa shape index (κ1) is 20.3. The summed E-state index contributed by atoms with van der Waals surface area (Å²) < 4.78 is 39.5. The Bertz CT molecular complexity index is 790. The van der Waals surface area contributed by atoms with Crippen molar-refractivity contribution in [2.75, 3.05) is 19.6 Å². The minimum atomic E-state index is -4.39. The summed E-state index contributed by atoms with van der Waals surface area (Å²) in [4.78, 5) is 17.1. The van der Waals surface area contributed by atoms with Gasteiger partial charge in [0.25, 0.3) is 0 Å². The molecular weight excluding hydrogens is 369 g/mol. The van der Waals surface area contributed by atoms with E-state index in [1.165, 1.54) is 12.1 Å². The van der Waals surface area contributed by atoms with Crippen molar-refractivity contribution < 1.29 is 18.0 Å². The second-order valence-corrected chi connectivity index (χ2v) is 7.02. The van der Waals surface area contributed by atoms with Gasteiger partial charge in [0.2, 0.25) is 5.91 Å². The number of nitrogens with one attached hydrogen (secondary N) is 1. The summed E-state index contributed by atoms with van der Waals surface area (Å²) in [5.41, 5.74) is 5.99. The summed E-state index contributed by atoms with van der Waals surface area (Å²) >= 11 is 0. The molecule has 1 fully saturated rings. The van der Waals surface area contributed by atoms with Gasteiger partial charge in [0.1, 0.15) is 0 Å². The van der Waals surface area contributed by atoms with Gasteiger partial charge >= 0.3 is 6.18 Å². The molecule has 0 spiro atoms. The van der Waals surface area contributed by atoms with E-state index in [4.69, 9.17) is 5.73 Å². The van der Waals surface area contributed by atoms with Crippen molar-refractivity contribution in [1.82, 2.24) is 15.2 Å². The van der Waals surface area contributed by atoms with Gasteiger partial charge in [0, 0.05) is 31.5 Å². The van der Waals surface area contributed by atoms with Crippen LogP contribution in [0.25, 0.3) is 0 Å². The van der Waals surface area contributed by atoms with Gasteiger partial charge in [-0.3, -0.25) is 14.7 Å². The van der Waals surface area contributed by atoms with E-state index in [2.05, 4.69) is 10.3 Å². The molecule has 1 saturated heterocycles. The van der Waals surface area contributed by atoms with Crippen molar-refractivity contribution in [1.29, 1.82) is 0 Å². The Balaban J connectivity index is 1.79. The molecule has 28 heavy (non-hydrogen) atoms. The molecule has 3 N–H and O–H groups in total. The highest BCUT2D eigenvalue weighted by atomic mass is 19.4. The average Bonchev–Trinajstić information content (AvgIpc) is 2.67. The first-order chi connectivity index (χ1) is 13.3. The molecule has 0 aliphatic carbocycles. The maximum absolute atomic E-state index is 13.2. The molecule has 1 amide bonds. The number of nitrogens with zero attached hydrogens (tertiary/aromatic N) is 2. The topological polar surface area (TPSA) is 71.2 Å². The number of rotatable bonds is 6. The second kappa shape index (κ2) is 8.70. The molecule has 150 valence electrons. The quantitative estimate of drug-likeness (QED) is 0.793. The van der Waals surface area contributed by atoms with Gasteiger partial charge in [-0.15, -0.1) is 0 Å². The van der Waals surface area contributed by atoms with Gasteiger partial charge in [-0.25, -0.2) is 0 Å². The largest absolute Gasteiger partial charge is 0.416 e. The smallest absolute Gasteiger partial charge is 0.369 e. The van der Waals surface area contributed by atoms with E-state index in [9.17, 15) is 18.0 Å². The lowest BCUT2D eigenvalue weighted by molar-refractivity contribution is -0.137. The van der Waals surface area contributed by atoms with Crippen molar-refractivity contribution in [3.8, 4) is 0 Å². The fraction of sp³-hybridized carbons (Fsp3) is 0.400. The van der Waals surface area contributed by atoms with Crippen LogP contribution in [-0.2, 0) is 11.0 Å². The molecule has 5 nitrogen and oxygen atoms in total. The van der Waals surface area contributed by atoms with Crippen molar-refractivity contribution in [2.45, 2.75) is 31.1 Å². The number of carbonyl (C=O) groups is 1. The van der Waals surface area contributed by atoms with Crippen LogP contribution in [0.4, 0.5) is 13.2 Å². The second-order valence-electron chi connectivity index (χ2n) is 7.02. The Hall–Kier alpha value is -2.45. The molecule has 1 aliphatic heterocycles. The zero-order valence-corrected chi connectivity index (χ0v) is 15.3. The van der Waals surface area contributed by atoms with Crippen LogP contribution in [0.5, 0.6) is 0 Å². The van der Waals surface area contributed by atoms with Crippen LogP contribution in [0.3, 0.4) is 0 Å². The van der Waals surface area contributed by atoms with Crippen molar-refractivity contribution in [2.24, 2.45) is 5.73 Å². The van der Waals surface area contributed by atoms with E-state index in [0.29, 0.717) is 18.7 Å². The third-order valence-corrected chi connectivity index (χ3v) is 4.96. The Morgan fingerprint density at radius 1 is 1.18 bits per heavy atom. The van der Waals surface area contributed by atoms with Gasteiger partial charge in [-0.05, 0) is 48.2 Å². The molecule has 8 heteroatoms. The predicted octanol–water partition coefficient (Wildman–Crippen LogP) is 2.73. The van der Waals surface area contributed by atoms with Crippen LogP contribution in [-0.4, -0.2) is 41.5 Å². The van der Waals surface area contributed by atoms with Crippen molar-refractivity contribution >= 4 is 5.91 Å². The number of amides is 1. The van der Waals surface area contributed by atoms with Gasteiger partial charge in [0.15, 0.2) is 0 Å². The van der Waals surface area contributed by atoms with Crippen molar-refractivity contribution in [3.05, 3.63) is 65.5 Å². The normalized spacial score (nSPS) is 17.4. The number of benzene rings is 1. The van der Waals surface area contributed by atoms with E-state index < -0.39 is 11.7 Å². The molecule has 1 atom stereocenters. The highest BCUT2D eigenvalue weighted by Gasteiger charge is 2.31. The summed E-state index contributed by atoms with van der Waals surface area (Å²) in [6.07, 6.45) is 0.445. The lowest BCUT2D eigenvalue weighted by Gasteiger charge is -2.34. The highest BCUT2D eigenvalue weighted by molar-refractivity contribution is 5.75. The highest BCUT2D eigenvalue weighted by Crippen LogP contribution is 2.32. The zero-order chi connectivity index (χ0) is 20.1. The first-order valence-electron chi connectivity index (χ1n) is 9.16. The molecular formula is C20H23F3N4O. The Morgan fingerprint density at radius 3 is 2.46 bits per heavy atom. The molecule has 0 radical (unpaired) electrons. The van der Waals surface area contributed by atoms with Crippen LogP contribution < -0.4 is 11.1 Å². The van der Waals surface area contributed by atoms with Gasteiger partial charge in [0.05, 0.1) is 18.2 Å². The van der Waals surface area contributed by atoms with E-state index in [0.717, 1.165) is 24.5 Å². The molecule has 2 aromatic rings. The summed E-state index contributed by atoms with van der Waals surface area (Å²) in [7, 11) is 0. The third-order valence-electron chi connectivity index (χ3n) is 4.96. The first-order valence-corrected chi connectivity index (χ1v) is 9.16. The molecule has 0 bridgehead atoms. The maximum Gasteiger partial charge on any atom is 0.416 e. The molecule has 2 heterocycles. The number of hydrogen-bond acceptors (Lipinski definition) is 4. The van der Waals surface area contributed by atoms with Gasteiger partial charge < -0.3 is 11.1 Å². The summed E-state index contributed by atoms with van der Waals surface area (Å²) in [6, 6.07) is 8.77. The van der Waals surface area contributed by atoms with Crippen molar-refractivity contribution in [3.63, 3.8) is 0 Å². The number of hydrogen-bond donors (Lipinski definition) is 2. The molecule has 0 unspecified atom stereocenters. The number of alkyl halides is 3. The van der Waals surface area contributed by atoms with Crippen LogP contribution in [0, 0.1) is 0 Å². The number of primary amides is 1. The predicted molar refractivity (Wildman–Crippen MR) is 99.3 cm³/mol. The standard InChI is InChI=1S/C20H23F3N4O/c21-20(22,23)16-3-1-2-15(12-16)19(14-4-8-25-9-5-14)26-17-6-10-27(11-7-17)13-18(24)28/h1-5,8-9,12,17,19,26H,6-7,10-11,13H2,(H2,24,28)/t19-/m1/s1. The van der Waals surface area contributed by atoms with Crippen LogP contribution >= 0.6 is 0 Å². The molecule has 1 aromatic heterocycles. The lowest BCUT2D eigenvalue weighted by atomic mass is 9.95. The van der Waals surface area contributed by atoms with E-state index in [-0.39, 0.29) is 24.5 Å². The maximum atomic E-state index is 13.2. The number of pyridine rings is 1. The number of likely N-dealkylation sites (tertiary alicyclic amines) is 1. The van der Waals surface area contributed by atoms with Gasteiger partial charge in [-0.1, -0.05) is 12.1 Å². The fourth-order valence-electron chi connectivity index (χ4n) is 3.55. The minimum Gasteiger partial charge on any atom is -0.369 e. The SMILES string of the molecule is NC(=O)CN1CCC(N[C@H](c2ccncc2)c2cccc(C(F)(F)F)c2)CC1. The van der Waals surface area contributed by atoms with E-state index in [1.54, 1.807) is 30.6 Å². The summed E-state index contributed by atoms with van der Waals surface area (Å²) in [6.45, 7) is 1.66. The monoisotopic (exact) mass is 392 g/mol. The Kier molecular flexibility index (Phi) is 6.31. The third kappa shape index (κ3) is 5.30. The fourth-order valence-corrected chi connectivity index (χ4v) is 3.55. The van der Waals surface area contributed by atoms with Gasteiger partial charge in [-0.2, -0.15) is 13.2 Å². The zero-order valence-electron chi connectivity index (χ0n) is 15.3. The molecule has 1 aliphatic rings. The number of carbonyl (C=O) groups excluding carboxylic acids is 1. The number of aromatic nitrogens is 1. The molecule has 1 aromatic carbocycles. The van der Waals surface area contributed by atoms with E-state index >= 15 is 0 Å².